The van der Waals surface area contributed by atoms with Gasteiger partial charge in [0.25, 0.3) is 0 Å². The molecule has 3 heteroatoms. The maximum absolute atomic E-state index is 9.08. The van der Waals surface area contributed by atoms with Gasteiger partial charge in [-0.3, -0.25) is 0 Å². The lowest BCUT2D eigenvalue weighted by Crippen LogP contribution is -2.20. The van der Waals surface area contributed by atoms with Gasteiger partial charge in [0.05, 0.1) is 19.3 Å². The van der Waals surface area contributed by atoms with Gasteiger partial charge in [-0.25, -0.2) is 0 Å². The summed E-state index contributed by atoms with van der Waals surface area (Å²) >= 11 is 0. The summed E-state index contributed by atoms with van der Waals surface area (Å²) in [5, 5.41) is 26.0. The molecule has 66 valence electrons. The van der Waals surface area contributed by atoms with Crippen molar-refractivity contribution in [2.24, 2.45) is 5.92 Å². The Morgan fingerprint density at radius 2 is 1.91 bits per heavy atom. The summed E-state index contributed by atoms with van der Waals surface area (Å²) in [5.41, 5.74) is 0. The molecule has 0 aromatic carbocycles. The highest BCUT2D eigenvalue weighted by atomic mass is 16.3. The molecule has 0 aliphatic rings. The van der Waals surface area contributed by atoms with E-state index in [0.29, 0.717) is 6.42 Å². The average molecular weight is 160 g/mol. The molecule has 0 heterocycles. The molecule has 0 bridgehead atoms. The van der Waals surface area contributed by atoms with E-state index in [2.05, 4.69) is 0 Å². The molecular formula is C8H16O3. The fraction of sp³-hybridized carbons (Fsp3) is 0.750. The second kappa shape index (κ2) is 6.34. The van der Waals surface area contributed by atoms with E-state index < -0.39 is 6.10 Å². The molecule has 0 saturated heterocycles. The van der Waals surface area contributed by atoms with Crippen molar-refractivity contribution in [3.8, 4) is 0 Å². The molecule has 3 nitrogen and oxygen atoms in total. The van der Waals surface area contributed by atoms with Crippen LogP contribution in [0.4, 0.5) is 0 Å². The Labute approximate surface area is 67.0 Å². The summed E-state index contributed by atoms with van der Waals surface area (Å²) in [5.74, 6) is 0.0443. The van der Waals surface area contributed by atoms with E-state index in [-0.39, 0.29) is 19.1 Å². The topological polar surface area (TPSA) is 60.7 Å². The first-order valence-electron chi connectivity index (χ1n) is 3.77. The van der Waals surface area contributed by atoms with E-state index in [0.717, 1.165) is 0 Å². The number of allylic oxidation sites excluding steroid dienone is 1. The molecule has 0 radical (unpaired) electrons. The highest BCUT2D eigenvalue weighted by molar-refractivity contribution is 4.84. The second-order valence-electron chi connectivity index (χ2n) is 2.62. The van der Waals surface area contributed by atoms with Gasteiger partial charge in [-0.1, -0.05) is 19.1 Å². The Balaban J connectivity index is 3.50. The smallest absolute Gasteiger partial charge is 0.0799 e. The summed E-state index contributed by atoms with van der Waals surface area (Å²) < 4.78 is 0. The Morgan fingerprint density at radius 3 is 2.36 bits per heavy atom. The lowest BCUT2D eigenvalue weighted by atomic mass is 10.0. The van der Waals surface area contributed by atoms with E-state index in [1.54, 1.807) is 12.2 Å². The van der Waals surface area contributed by atoms with E-state index in [1.807, 2.05) is 6.92 Å². The molecule has 0 saturated carbocycles. The van der Waals surface area contributed by atoms with E-state index in [4.69, 9.17) is 15.3 Å². The Bertz CT molecular complexity index is 112. The van der Waals surface area contributed by atoms with Crippen LogP contribution in [0.2, 0.25) is 0 Å². The van der Waals surface area contributed by atoms with Gasteiger partial charge in [-0.05, 0) is 12.3 Å². The quantitative estimate of drug-likeness (QED) is 0.493. The predicted octanol–water partition coefficient (Wildman–Crippen LogP) is -0.0857. The van der Waals surface area contributed by atoms with Crippen LogP contribution in [0, 0.1) is 5.92 Å². The van der Waals surface area contributed by atoms with Gasteiger partial charge in [0.2, 0.25) is 0 Å². The zero-order chi connectivity index (χ0) is 8.69. The second-order valence-corrected chi connectivity index (χ2v) is 2.62. The molecule has 3 N–H and O–H groups in total. The first-order chi connectivity index (χ1) is 5.22. The first-order valence-corrected chi connectivity index (χ1v) is 3.77. The van der Waals surface area contributed by atoms with E-state index in [9.17, 15) is 0 Å². The molecule has 0 aromatic rings. The molecule has 0 aliphatic heterocycles. The highest BCUT2D eigenvalue weighted by Crippen LogP contribution is 2.07. The molecular weight excluding hydrogens is 144 g/mol. The SMILES string of the molecule is C[C@H](C/C=C/CO)[C@H](O)CO. The molecule has 0 aliphatic carbocycles. The van der Waals surface area contributed by atoms with Crippen molar-refractivity contribution in [2.75, 3.05) is 13.2 Å². The van der Waals surface area contributed by atoms with Crippen molar-refractivity contribution in [3.05, 3.63) is 12.2 Å². The Kier molecular flexibility index (Phi) is 6.12. The van der Waals surface area contributed by atoms with Crippen LogP contribution in [0.25, 0.3) is 0 Å². The summed E-state index contributed by atoms with van der Waals surface area (Å²) in [6.45, 7) is 1.68. The van der Waals surface area contributed by atoms with Gasteiger partial charge in [-0.2, -0.15) is 0 Å². The molecule has 0 spiro atoms. The van der Waals surface area contributed by atoms with Crippen LogP contribution in [0.5, 0.6) is 0 Å². The minimum absolute atomic E-state index is 0.0297. The van der Waals surface area contributed by atoms with Crippen LogP contribution >= 0.6 is 0 Å². The zero-order valence-corrected chi connectivity index (χ0v) is 6.77. The fourth-order valence-electron chi connectivity index (χ4n) is 0.722. The third-order valence-corrected chi connectivity index (χ3v) is 1.62. The zero-order valence-electron chi connectivity index (χ0n) is 6.77. The monoisotopic (exact) mass is 160 g/mol. The third-order valence-electron chi connectivity index (χ3n) is 1.62. The van der Waals surface area contributed by atoms with Gasteiger partial charge in [0.15, 0.2) is 0 Å². The molecule has 0 fully saturated rings. The van der Waals surface area contributed by atoms with Crippen molar-refractivity contribution >= 4 is 0 Å². The lowest BCUT2D eigenvalue weighted by molar-refractivity contribution is 0.0544. The third kappa shape index (κ3) is 4.95. The van der Waals surface area contributed by atoms with Gasteiger partial charge >= 0.3 is 0 Å². The summed E-state index contributed by atoms with van der Waals surface area (Å²) in [6.07, 6.45) is 3.45. The fourth-order valence-corrected chi connectivity index (χ4v) is 0.722. The van der Waals surface area contributed by atoms with Crippen LogP contribution in [-0.2, 0) is 0 Å². The van der Waals surface area contributed by atoms with Crippen molar-refractivity contribution in [1.82, 2.24) is 0 Å². The van der Waals surface area contributed by atoms with Crippen LogP contribution in [0.3, 0.4) is 0 Å². The summed E-state index contributed by atoms with van der Waals surface area (Å²) in [4.78, 5) is 0. The molecule has 0 aromatic heterocycles. The standard InChI is InChI=1S/C8H16O3/c1-7(8(11)6-10)4-2-3-5-9/h2-3,7-11H,4-6H2,1H3/b3-2+/t7-,8-/m1/s1. The van der Waals surface area contributed by atoms with Crippen LogP contribution < -0.4 is 0 Å². The minimum atomic E-state index is -0.654. The lowest BCUT2D eigenvalue weighted by Gasteiger charge is -2.13. The van der Waals surface area contributed by atoms with Gasteiger partial charge < -0.3 is 15.3 Å². The van der Waals surface area contributed by atoms with Crippen molar-refractivity contribution in [2.45, 2.75) is 19.4 Å². The van der Waals surface area contributed by atoms with Gasteiger partial charge in [-0.15, -0.1) is 0 Å². The maximum Gasteiger partial charge on any atom is 0.0799 e. The Morgan fingerprint density at radius 1 is 1.27 bits per heavy atom. The molecule has 11 heavy (non-hydrogen) atoms. The number of rotatable bonds is 5. The number of aliphatic hydroxyl groups is 3. The maximum atomic E-state index is 9.08. The molecule has 0 amide bonds. The largest absolute Gasteiger partial charge is 0.394 e. The average Bonchev–Trinajstić information content (AvgIpc) is 2.03. The Hall–Kier alpha value is -0.380. The van der Waals surface area contributed by atoms with Crippen LogP contribution in [-0.4, -0.2) is 34.6 Å². The molecule has 0 unspecified atom stereocenters. The van der Waals surface area contributed by atoms with Crippen LogP contribution in [0.15, 0.2) is 12.2 Å². The van der Waals surface area contributed by atoms with E-state index >= 15 is 0 Å². The first kappa shape index (κ1) is 10.6. The summed E-state index contributed by atoms with van der Waals surface area (Å²) in [6, 6.07) is 0. The van der Waals surface area contributed by atoms with Gasteiger partial charge in [0, 0.05) is 0 Å². The van der Waals surface area contributed by atoms with Crippen LogP contribution in [0.1, 0.15) is 13.3 Å². The van der Waals surface area contributed by atoms with Crippen molar-refractivity contribution < 1.29 is 15.3 Å². The molecule has 0 rings (SSSR count). The van der Waals surface area contributed by atoms with Gasteiger partial charge in [0.1, 0.15) is 0 Å². The number of hydrogen-bond donors (Lipinski definition) is 3. The predicted molar refractivity (Wildman–Crippen MR) is 43.1 cm³/mol. The number of aliphatic hydroxyl groups excluding tert-OH is 3. The van der Waals surface area contributed by atoms with Crippen molar-refractivity contribution in [1.29, 1.82) is 0 Å². The molecule has 2 atom stereocenters. The minimum Gasteiger partial charge on any atom is -0.394 e. The van der Waals surface area contributed by atoms with Crippen molar-refractivity contribution in [3.63, 3.8) is 0 Å². The normalized spacial score (nSPS) is 17.1. The van der Waals surface area contributed by atoms with E-state index in [1.165, 1.54) is 0 Å². The summed E-state index contributed by atoms with van der Waals surface area (Å²) in [7, 11) is 0. The number of hydrogen-bond acceptors (Lipinski definition) is 3. The highest BCUT2D eigenvalue weighted by Gasteiger charge is 2.10.